The highest BCUT2D eigenvalue weighted by Crippen LogP contribution is 2.34. The van der Waals surface area contributed by atoms with Gasteiger partial charge >= 0.3 is 0 Å². The van der Waals surface area contributed by atoms with Crippen LogP contribution in [0.5, 0.6) is 0 Å². The first-order valence-corrected chi connectivity index (χ1v) is 5.64. The van der Waals surface area contributed by atoms with Gasteiger partial charge in [0.15, 0.2) is 0 Å². The van der Waals surface area contributed by atoms with Crippen LogP contribution >= 0.6 is 0 Å². The highest BCUT2D eigenvalue weighted by atomic mass is 15.0. The van der Waals surface area contributed by atoms with Gasteiger partial charge in [-0.3, -0.25) is 0 Å². The van der Waals surface area contributed by atoms with Gasteiger partial charge in [0, 0.05) is 12.2 Å². The highest BCUT2D eigenvalue weighted by molar-refractivity contribution is 5.23. The first-order valence-electron chi connectivity index (χ1n) is 5.64. The average Bonchev–Trinajstić information content (AvgIpc) is 2.76. The fourth-order valence-corrected chi connectivity index (χ4v) is 2.61. The van der Waals surface area contributed by atoms with E-state index in [1.807, 2.05) is 18.3 Å². The second-order valence-electron chi connectivity index (χ2n) is 4.26. The lowest BCUT2D eigenvalue weighted by Gasteiger charge is -2.32. The highest BCUT2D eigenvalue weighted by Gasteiger charge is 2.26. The molecule has 0 aliphatic heterocycles. The summed E-state index contributed by atoms with van der Waals surface area (Å²) in [5.41, 5.74) is 6.56. The number of rotatable bonds is 2. The molecule has 80 valence electrons. The number of nitriles is 1. The molecule has 2 atom stereocenters. The quantitative estimate of drug-likeness (QED) is 0.799. The molecule has 1 aliphatic carbocycles. The Hall–Kier alpha value is -1.27. The molecule has 1 fully saturated rings. The number of hydrogen-bond acceptors (Lipinski definition) is 2. The van der Waals surface area contributed by atoms with Gasteiger partial charge in [0.25, 0.3) is 0 Å². The Bertz CT molecular complexity index is 361. The van der Waals surface area contributed by atoms with Gasteiger partial charge in [-0.1, -0.05) is 12.8 Å². The van der Waals surface area contributed by atoms with Gasteiger partial charge in [0.1, 0.15) is 11.8 Å². The molecule has 15 heavy (non-hydrogen) atoms. The molecule has 3 heteroatoms. The summed E-state index contributed by atoms with van der Waals surface area (Å²) >= 11 is 0. The van der Waals surface area contributed by atoms with Gasteiger partial charge in [0.2, 0.25) is 0 Å². The van der Waals surface area contributed by atoms with Crippen LogP contribution < -0.4 is 5.73 Å². The van der Waals surface area contributed by atoms with E-state index in [1.165, 1.54) is 19.3 Å². The molecule has 0 spiro atoms. The minimum Gasteiger partial charge on any atom is -0.336 e. The predicted octanol–water partition coefficient (Wildman–Crippen LogP) is 2.05. The minimum absolute atomic E-state index is 0.438. The molecule has 1 aromatic rings. The smallest absolute Gasteiger partial charge is 0.120 e. The summed E-state index contributed by atoms with van der Waals surface area (Å²) in [6.45, 7) is 0.730. The Morgan fingerprint density at radius 2 is 2.27 bits per heavy atom. The van der Waals surface area contributed by atoms with Crippen LogP contribution in [0, 0.1) is 17.2 Å². The first-order chi connectivity index (χ1) is 7.36. The lowest BCUT2D eigenvalue weighted by molar-refractivity contribution is 0.244. The number of aromatic nitrogens is 1. The molecule has 0 amide bonds. The summed E-state index contributed by atoms with van der Waals surface area (Å²) in [6.07, 6.45) is 6.90. The zero-order chi connectivity index (χ0) is 10.7. The Morgan fingerprint density at radius 1 is 1.47 bits per heavy atom. The zero-order valence-electron chi connectivity index (χ0n) is 8.89. The van der Waals surface area contributed by atoms with Gasteiger partial charge in [-0.2, -0.15) is 5.26 Å². The van der Waals surface area contributed by atoms with Crippen molar-refractivity contribution in [3.05, 3.63) is 24.0 Å². The molecule has 1 heterocycles. The van der Waals surface area contributed by atoms with Crippen LogP contribution in [0.3, 0.4) is 0 Å². The van der Waals surface area contributed by atoms with E-state index < -0.39 is 0 Å². The maximum Gasteiger partial charge on any atom is 0.120 e. The van der Waals surface area contributed by atoms with Crippen LogP contribution in [0.2, 0.25) is 0 Å². The fraction of sp³-hybridized carbons (Fsp3) is 0.583. The fourth-order valence-electron chi connectivity index (χ4n) is 2.61. The van der Waals surface area contributed by atoms with E-state index in [-0.39, 0.29) is 0 Å². The van der Waals surface area contributed by atoms with Crippen molar-refractivity contribution in [1.29, 1.82) is 5.26 Å². The van der Waals surface area contributed by atoms with Gasteiger partial charge < -0.3 is 10.3 Å². The van der Waals surface area contributed by atoms with Crippen molar-refractivity contribution < 1.29 is 0 Å². The topological polar surface area (TPSA) is 54.7 Å². The molecule has 1 saturated carbocycles. The van der Waals surface area contributed by atoms with Crippen molar-refractivity contribution in [2.45, 2.75) is 31.7 Å². The molecule has 2 N–H and O–H groups in total. The third-order valence-corrected chi connectivity index (χ3v) is 3.42. The van der Waals surface area contributed by atoms with E-state index in [2.05, 4.69) is 10.6 Å². The van der Waals surface area contributed by atoms with Crippen molar-refractivity contribution in [3.8, 4) is 6.07 Å². The second kappa shape index (κ2) is 4.50. The van der Waals surface area contributed by atoms with E-state index in [9.17, 15) is 0 Å². The SMILES string of the molecule is N#Cc1cccn1C1CCCCC1CN. The zero-order valence-corrected chi connectivity index (χ0v) is 8.89. The summed E-state index contributed by atoms with van der Waals surface area (Å²) in [5.74, 6) is 0.540. The van der Waals surface area contributed by atoms with E-state index in [1.54, 1.807) is 0 Å². The molecule has 0 bridgehead atoms. The van der Waals surface area contributed by atoms with Crippen LogP contribution in [-0.2, 0) is 0 Å². The van der Waals surface area contributed by atoms with E-state index in [4.69, 9.17) is 11.0 Å². The summed E-state index contributed by atoms with van der Waals surface area (Å²) in [6, 6.07) is 6.50. The molecule has 1 aromatic heterocycles. The molecule has 2 rings (SSSR count). The molecule has 1 aliphatic rings. The molecule has 2 unspecified atom stereocenters. The summed E-state index contributed by atoms with van der Waals surface area (Å²) < 4.78 is 2.11. The Labute approximate surface area is 90.5 Å². The molecule has 0 saturated heterocycles. The maximum absolute atomic E-state index is 8.99. The summed E-state index contributed by atoms with van der Waals surface area (Å²) in [7, 11) is 0. The number of hydrogen-bond donors (Lipinski definition) is 1. The standard InChI is InChI=1S/C12H17N3/c13-8-10-4-1-2-6-12(10)15-7-3-5-11(15)9-14/h3,5,7,10,12H,1-2,4,6,8,13H2. The largest absolute Gasteiger partial charge is 0.336 e. The lowest BCUT2D eigenvalue weighted by Crippen LogP contribution is -2.29. The maximum atomic E-state index is 8.99. The Morgan fingerprint density at radius 3 is 3.00 bits per heavy atom. The van der Waals surface area contributed by atoms with Crippen LogP contribution in [0.4, 0.5) is 0 Å². The summed E-state index contributed by atoms with van der Waals surface area (Å²) in [4.78, 5) is 0. The van der Waals surface area contributed by atoms with Crippen LogP contribution in [0.25, 0.3) is 0 Å². The molecular weight excluding hydrogens is 186 g/mol. The number of nitrogens with two attached hydrogens (primary N) is 1. The van der Waals surface area contributed by atoms with Crippen molar-refractivity contribution in [2.75, 3.05) is 6.54 Å². The third kappa shape index (κ3) is 1.91. The van der Waals surface area contributed by atoms with E-state index >= 15 is 0 Å². The summed E-state index contributed by atoms with van der Waals surface area (Å²) in [5, 5.41) is 8.99. The van der Waals surface area contributed by atoms with Gasteiger partial charge in [0.05, 0.1) is 0 Å². The molecule has 0 aromatic carbocycles. The van der Waals surface area contributed by atoms with E-state index in [0.717, 1.165) is 18.7 Å². The van der Waals surface area contributed by atoms with Crippen molar-refractivity contribution in [2.24, 2.45) is 11.7 Å². The number of nitrogens with zero attached hydrogens (tertiary/aromatic N) is 2. The normalized spacial score (nSPS) is 26.1. The second-order valence-corrected chi connectivity index (χ2v) is 4.26. The lowest BCUT2D eigenvalue weighted by atomic mass is 9.84. The van der Waals surface area contributed by atoms with Gasteiger partial charge in [-0.15, -0.1) is 0 Å². The van der Waals surface area contributed by atoms with Gasteiger partial charge in [-0.25, -0.2) is 0 Å². The van der Waals surface area contributed by atoms with Crippen LogP contribution in [-0.4, -0.2) is 11.1 Å². The average molecular weight is 203 g/mol. The van der Waals surface area contributed by atoms with Crippen molar-refractivity contribution in [1.82, 2.24) is 4.57 Å². The van der Waals surface area contributed by atoms with Crippen molar-refractivity contribution >= 4 is 0 Å². The minimum atomic E-state index is 0.438. The molecule has 0 radical (unpaired) electrons. The van der Waals surface area contributed by atoms with E-state index in [0.29, 0.717) is 12.0 Å². The predicted molar refractivity (Wildman–Crippen MR) is 59.2 cm³/mol. The molecule has 3 nitrogen and oxygen atoms in total. The monoisotopic (exact) mass is 203 g/mol. The third-order valence-electron chi connectivity index (χ3n) is 3.42. The Balaban J connectivity index is 2.24. The first kappa shape index (κ1) is 10.3. The molecular formula is C12H17N3. The van der Waals surface area contributed by atoms with Gasteiger partial charge in [-0.05, 0) is 37.4 Å². The van der Waals surface area contributed by atoms with Crippen LogP contribution in [0.15, 0.2) is 18.3 Å². The van der Waals surface area contributed by atoms with Crippen molar-refractivity contribution in [3.63, 3.8) is 0 Å². The van der Waals surface area contributed by atoms with Crippen LogP contribution in [0.1, 0.15) is 37.4 Å². The Kier molecular flexibility index (Phi) is 3.08.